The first-order valence-corrected chi connectivity index (χ1v) is 11.0. The number of hydrogen-bond acceptors (Lipinski definition) is 5. The second kappa shape index (κ2) is 8.78. The third kappa shape index (κ3) is 3.96. The monoisotopic (exact) mass is 463 g/mol. The minimum Gasteiger partial charge on any atom is -0.497 e. The van der Waals surface area contributed by atoms with Gasteiger partial charge in [0.15, 0.2) is 5.75 Å². The van der Waals surface area contributed by atoms with Crippen LogP contribution < -0.4 is 9.47 Å². The number of ether oxygens (including phenoxy) is 2. The Morgan fingerprint density at radius 2 is 1.71 bits per heavy atom. The SMILES string of the molecule is COc1ccc2c(c1)Oc1cc(C)ccc1N=C2N1CCN(C(=O)c2c(F)cccc2F)CC1. The van der Waals surface area contributed by atoms with Crippen molar-refractivity contribution in [2.75, 3.05) is 33.3 Å². The van der Waals surface area contributed by atoms with Crippen LogP contribution in [-0.4, -0.2) is 54.8 Å². The van der Waals surface area contributed by atoms with E-state index in [0.717, 1.165) is 23.3 Å². The van der Waals surface area contributed by atoms with Crippen LogP contribution in [0.5, 0.6) is 17.2 Å². The maximum atomic E-state index is 14.1. The Kier molecular flexibility index (Phi) is 5.65. The molecule has 2 aliphatic rings. The molecule has 3 aromatic rings. The van der Waals surface area contributed by atoms with Crippen molar-refractivity contribution >= 4 is 17.4 Å². The fourth-order valence-electron chi connectivity index (χ4n) is 4.21. The van der Waals surface area contributed by atoms with Crippen molar-refractivity contribution in [1.29, 1.82) is 0 Å². The smallest absolute Gasteiger partial charge is 0.259 e. The largest absolute Gasteiger partial charge is 0.497 e. The van der Waals surface area contributed by atoms with Gasteiger partial charge in [-0.05, 0) is 48.9 Å². The number of carbonyl (C=O) groups excluding carboxylic acids is 1. The Balaban J connectivity index is 1.44. The number of amidine groups is 1. The second-order valence-electron chi connectivity index (χ2n) is 8.25. The van der Waals surface area contributed by atoms with Crippen LogP contribution in [0.3, 0.4) is 0 Å². The molecule has 3 aromatic carbocycles. The van der Waals surface area contributed by atoms with Crippen LogP contribution >= 0.6 is 0 Å². The lowest BCUT2D eigenvalue weighted by Gasteiger charge is -2.36. The Labute approximate surface area is 196 Å². The van der Waals surface area contributed by atoms with Gasteiger partial charge in [-0.2, -0.15) is 0 Å². The lowest BCUT2D eigenvalue weighted by atomic mass is 10.1. The van der Waals surface area contributed by atoms with E-state index in [1.165, 1.54) is 11.0 Å². The highest BCUT2D eigenvalue weighted by Crippen LogP contribution is 2.40. The van der Waals surface area contributed by atoms with E-state index in [1.54, 1.807) is 7.11 Å². The molecule has 1 saturated heterocycles. The predicted octanol–water partition coefficient (Wildman–Crippen LogP) is 4.92. The maximum absolute atomic E-state index is 14.1. The number of methoxy groups -OCH3 is 1. The van der Waals surface area contributed by atoms with Gasteiger partial charge in [0.2, 0.25) is 0 Å². The summed E-state index contributed by atoms with van der Waals surface area (Å²) in [4.78, 5) is 21.2. The summed E-state index contributed by atoms with van der Waals surface area (Å²) in [5, 5.41) is 0. The molecule has 2 heterocycles. The van der Waals surface area contributed by atoms with Crippen molar-refractivity contribution in [2.45, 2.75) is 6.92 Å². The summed E-state index contributed by atoms with van der Waals surface area (Å²) in [6.07, 6.45) is 0. The molecule has 0 radical (unpaired) electrons. The number of carbonyl (C=O) groups is 1. The van der Waals surface area contributed by atoms with Crippen LogP contribution in [0.1, 0.15) is 21.5 Å². The quantitative estimate of drug-likeness (QED) is 0.541. The van der Waals surface area contributed by atoms with E-state index in [2.05, 4.69) is 4.90 Å². The molecule has 0 N–H and O–H groups in total. The van der Waals surface area contributed by atoms with Gasteiger partial charge < -0.3 is 19.3 Å². The maximum Gasteiger partial charge on any atom is 0.259 e. The Morgan fingerprint density at radius 1 is 0.971 bits per heavy atom. The Hall–Kier alpha value is -3.94. The number of halogens is 2. The molecule has 1 amide bonds. The molecular formula is C26H23F2N3O3. The number of hydrogen-bond donors (Lipinski definition) is 0. The second-order valence-corrected chi connectivity index (χ2v) is 8.25. The molecule has 1 fully saturated rings. The number of fused-ring (bicyclic) bond motifs is 2. The van der Waals surface area contributed by atoms with Gasteiger partial charge in [-0.3, -0.25) is 4.79 Å². The molecule has 34 heavy (non-hydrogen) atoms. The zero-order chi connectivity index (χ0) is 23.8. The zero-order valence-corrected chi connectivity index (χ0v) is 18.8. The number of aryl methyl sites for hydroxylation is 1. The first kappa shape index (κ1) is 21.9. The average Bonchev–Trinajstić information content (AvgIpc) is 2.99. The molecule has 0 aromatic heterocycles. The van der Waals surface area contributed by atoms with E-state index < -0.39 is 23.1 Å². The lowest BCUT2D eigenvalue weighted by Crippen LogP contribution is -2.51. The predicted molar refractivity (Wildman–Crippen MR) is 124 cm³/mol. The van der Waals surface area contributed by atoms with Crippen LogP contribution in [0, 0.1) is 18.6 Å². The van der Waals surface area contributed by atoms with Crippen molar-refractivity contribution in [3.63, 3.8) is 0 Å². The van der Waals surface area contributed by atoms with Crippen LogP contribution in [0.2, 0.25) is 0 Å². The number of piperazine rings is 1. The summed E-state index contributed by atoms with van der Waals surface area (Å²) in [7, 11) is 1.60. The number of benzene rings is 3. The number of amides is 1. The molecule has 6 nitrogen and oxygen atoms in total. The standard InChI is InChI=1S/C26H23F2N3O3/c1-16-6-9-21-23(14-16)34-22-15-17(33-2)7-8-18(22)25(29-21)30-10-12-31(13-11-30)26(32)24-19(27)4-3-5-20(24)28/h3-9,14-15H,10-13H2,1-2H3. The molecule has 0 unspecified atom stereocenters. The summed E-state index contributed by atoms with van der Waals surface area (Å²) in [6, 6.07) is 14.8. The summed E-state index contributed by atoms with van der Waals surface area (Å²) in [5.74, 6) is 0.288. The fourth-order valence-corrected chi connectivity index (χ4v) is 4.21. The van der Waals surface area contributed by atoms with Crippen molar-refractivity contribution < 1.29 is 23.0 Å². The molecule has 0 spiro atoms. The summed E-state index contributed by atoms with van der Waals surface area (Å²) < 4.78 is 39.8. The third-order valence-corrected chi connectivity index (χ3v) is 6.03. The minimum atomic E-state index is -0.854. The first-order valence-electron chi connectivity index (χ1n) is 11.0. The Bertz CT molecular complexity index is 1280. The van der Waals surface area contributed by atoms with Crippen LogP contribution in [0.15, 0.2) is 59.6 Å². The minimum absolute atomic E-state index is 0.304. The molecule has 0 atom stereocenters. The van der Waals surface area contributed by atoms with Gasteiger partial charge in [0.25, 0.3) is 5.91 Å². The molecule has 174 valence electrons. The fraction of sp³-hybridized carbons (Fsp3) is 0.231. The van der Waals surface area contributed by atoms with Crippen LogP contribution in [0.25, 0.3) is 0 Å². The third-order valence-electron chi connectivity index (χ3n) is 6.03. The molecule has 0 saturated carbocycles. The number of rotatable bonds is 2. The van der Waals surface area contributed by atoms with Crippen LogP contribution in [0.4, 0.5) is 14.5 Å². The molecule has 5 rings (SSSR count). The summed E-state index contributed by atoms with van der Waals surface area (Å²) in [5.41, 5.74) is 2.03. The van der Waals surface area contributed by atoms with Crippen LogP contribution in [-0.2, 0) is 0 Å². The van der Waals surface area contributed by atoms with Crippen molar-refractivity contribution in [3.05, 3.63) is 82.9 Å². The normalized spacial score (nSPS) is 15.0. The highest BCUT2D eigenvalue weighted by Gasteiger charge is 2.30. The van der Waals surface area contributed by atoms with Gasteiger partial charge in [0, 0.05) is 32.2 Å². The molecule has 2 aliphatic heterocycles. The van der Waals surface area contributed by atoms with E-state index in [0.29, 0.717) is 55.0 Å². The first-order chi connectivity index (χ1) is 16.4. The zero-order valence-electron chi connectivity index (χ0n) is 18.8. The average molecular weight is 463 g/mol. The molecular weight excluding hydrogens is 440 g/mol. The molecule has 0 aliphatic carbocycles. The molecule has 8 heteroatoms. The number of nitrogens with zero attached hydrogens (tertiary/aromatic N) is 3. The van der Waals surface area contributed by atoms with Gasteiger partial charge in [-0.1, -0.05) is 12.1 Å². The lowest BCUT2D eigenvalue weighted by molar-refractivity contribution is 0.0682. The van der Waals surface area contributed by atoms with Crippen molar-refractivity contribution in [3.8, 4) is 17.2 Å². The Morgan fingerprint density at radius 3 is 2.41 bits per heavy atom. The van der Waals surface area contributed by atoms with Gasteiger partial charge >= 0.3 is 0 Å². The topological polar surface area (TPSA) is 54.4 Å². The van der Waals surface area contributed by atoms with Gasteiger partial charge in [0.05, 0.1) is 12.7 Å². The van der Waals surface area contributed by atoms with E-state index in [-0.39, 0.29) is 0 Å². The van der Waals surface area contributed by atoms with E-state index in [9.17, 15) is 13.6 Å². The van der Waals surface area contributed by atoms with E-state index in [4.69, 9.17) is 14.5 Å². The summed E-state index contributed by atoms with van der Waals surface area (Å²) in [6.45, 7) is 3.50. The van der Waals surface area contributed by atoms with E-state index >= 15 is 0 Å². The van der Waals surface area contributed by atoms with Gasteiger partial charge in [0.1, 0.15) is 40.2 Å². The molecule has 0 bridgehead atoms. The van der Waals surface area contributed by atoms with Crippen molar-refractivity contribution in [2.24, 2.45) is 4.99 Å². The number of aliphatic imine (C=N–C) groups is 1. The van der Waals surface area contributed by atoms with Gasteiger partial charge in [-0.15, -0.1) is 0 Å². The van der Waals surface area contributed by atoms with Gasteiger partial charge in [-0.25, -0.2) is 13.8 Å². The highest BCUT2D eigenvalue weighted by atomic mass is 19.1. The summed E-state index contributed by atoms with van der Waals surface area (Å²) >= 11 is 0. The van der Waals surface area contributed by atoms with E-state index in [1.807, 2.05) is 43.3 Å². The van der Waals surface area contributed by atoms with Crippen molar-refractivity contribution in [1.82, 2.24) is 9.80 Å². The highest BCUT2D eigenvalue weighted by molar-refractivity contribution is 6.04.